The number of nitrogens with two attached hydrogens (primary N) is 1. The Kier molecular flexibility index (Phi) is 2.79. The Bertz CT molecular complexity index is 579. The molecule has 17 heavy (non-hydrogen) atoms. The molecule has 0 saturated carbocycles. The number of anilines is 1. The van der Waals surface area contributed by atoms with Gasteiger partial charge in [-0.15, -0.1) is 0 Å². The van der Waals surface area contributed by atoms with Crippen LogP contribution >= 0.6 is 0 Å². The van der Waals surface area contributed by atoms with Crippen LogP contribution in [-0.4, -0.2) is 9.97 Å². The highest BCUT2D eigenvalue weighted by Gasteiger charge is 2.11. The topological polar surface area (TPSA) is 51.8 Å². The molecule has 0 radical (unpaired) electrons. The predicted molar refractivity (Wildman–Crippen MR) is 66.0 cm³/mol. The van der Waals surface area contributed by atoms with Crippen molar-refractivity contribution in [3.63, 3.8) is 0 Å². The molecule has 0 amide bonds. The fourth-order valence-corrected chi connectivity index (χ4v) is 1.76. The minimum absolute atomic E-state index is 0.278. The highest BCUT2D eigenvalue weighted by Crippen LogP contribution is 2.27. The summed E-state index contributed by atoms with van der Waals surface area (Å²) in [6.07, 6.45) is 0. The summed E-state index contributed by atoms with van der Waals surface area (Å²) < 4.78 is 13.3. The third-order valence-electron chi connectivity index (χ3n) is 2.75. The Labute approximate surface area is 99.5 Å². The lowest BCUT2D eigenvalue weighted by Crippen LogP contribution is -2.03. The van der Waals surface area contributed by atoms with E-state index in [2.05, 4.69) is 9.97 Å². The second-order valence-corrected chi connectivity index (χ2v) is 4.09. The van der Waals surface area contributed by atoms with Crippen LogP contribution in [0.15, 0.2) is 18.2 Å². The van der Waals surface area contributed by atoms with E-state index in [4.69, 9.17) is 5.73 Å². The molecule has 2 rings (SSSR count). The lowest BCUT2D eigenvalue weighted by molar-refractivity contribution is 0.628. The van der Waals surface area contributed by atoms with Gasteiger partial charge in [0.1, 0.15) is 17.5 Å². The van der Waals surface area contributed by atoms with Crippen LogP contribution in [0.1, 0.15) is 17.0 Å². The fraction of sp³-hybridized carbons (Fsp3) is 0.231. The van der Waals surface area contributed by atoms with Crippen LogP contribution in [0.4, 0.5) is 10.2 Å². The van der Waals surface area contributed by atoms with Gasteiger partial charge in [0.15, 0.2) is 0 Å². The molecule has 0 unspecified atom stereocenters. The van der Waals surface area contributed by atoms with Crippen LogP contribution in [0.3, 0.4) is 0 Å². The highest BCUT2D eigenvalue weighted by atomic mass is 19.1. The van der Waals surface area contributed by atoms with Gasteiger partial charge in [-0.2, -0.15) is 0 Å². The zero-order valence-electron chi connectivity index (χ0n) is 10.1. The summed E-state index contributed by atoms with van der Waals surface area (Å²) in [6.45, 7) is 5.53. The van der Waals surface area contributed by atoms with Crippen LogP contribution in [0.5, 0.6) is 0 Å². The molecule has 3 nitrogen and oxygen atoms in total. The predicted octanol–water partition coefficient (Wildman–Crippen LogP) is 2.79. The van der Waals surface area contributed by atoms with Crippen molar-refractivity contribution in [1.29, 1.82) is 0 Å². The second kappa shape index (κ2) is 4.13. The summed E-state index contributed by atoms with van der Waals surface area (Å²) in [5.74, 6) is 0.753. The van der Waals surface area contributed by atoms with Gasteiger partial charge in [-0.05, 0) is 38.5 Å². The summed E-state index contributed by atoms with van der Waals surface area (Å²) in [7, 11) is 0. The number of nitrogens with zero attached hydrogens (tertiary/aromatic N) is 2. The van der Waals surface area contributed by atoms with Crippen molar-refractivity contribution < 1.29 is 4.39 Å². The van der Waals surface area contributed by atoms with Crippen molar-refractivity contribution in [3.8, 4) is 11.3 Å². The molecule has 0 aliphatic heterocycles. The number of halogens is 1. The van der Waals surface area contributed by atoms with E-state index >= 15 is 0 Å². The number of nitrogen functional groups attached to an aromatic ring is 1. The largest absolute Gasteiger partial charge is 0.383 e. The molecule has 2 N–H and O–H groups in total. The molecule has 0 saturated heterocycles. The molecule has 1 heterocycles. The number of hydrogen-bond donors (Lipinski definition) is 1. The third kappa shape index (κ3) is 2.11. The van der Waals surface area contributed by atoms with E-state index in [1.54, 1.807) is 13.0 Å². The molecule has 1 aromatic carbocycles. The highest BCUT2D eigenvalue weighted by molar-refractivity contribution is 5.70. The zero-order chi connectivity index (χ0) is 12.6. The zero-order valence-corrected chi connectivity index (χ0v) is 10.1. The molecule has 0 bridgehead atoms. The molecule has 88 valence electrons. The molecule has 2 aromatic rings. The number of hydrogen-bond acceptors (Lipinski definition) is 3. The SMILES string of the molecule is Cc1nc(N)c(C)c(-c2cc(F)ccc2C)n1. The van der Waals surface area contributed by atoms with Crippen LogP contribution in [0, 0.1) is 26.6 Å². The van der Waals surface area contributed by atoms with E-state index in [-0.39, 0.29) is 5.82 Å². The standard InChI is InChI=1S/C13H14FN3/c1-7-4-5-10(14)6-11(7)12-8(2)13(15)17-9(3)16-12/h4-6H,1-3H3,(H2,15,16,17). The molecule has 1 aromatic heterocycles. The van der Waals surface area contributed by atoms with Gasteiger partial charge in [0.25, 0.3) is 0 Å². The third-order valence-corrected chi connectivity index (χ3v) is 2.75. The van der Waals surface area contributed by atoms with E-state index in [9.17, 15) is 4.39 Å². The van der Waals surface area contributed by atoms with E-state index in [1.807, 2.05) is 13.8 Å². The van der Waals surface area contributed by atoms with Gasteiger partial charge < -0.3 is 5.73 Å². The first-order valence-electron chi connectivity index (χ1n) is 5.36. The van der Waals surface area contributed by atoms with Crippen LogP contribution in [0.25, 0.3) is 11.3 Å². The maximum atomic E-state index is 13.3. The molecular weight excluding hydrogens is 217 g/mol. The van der Waals surface area contributed by atoms with Crippen LogP contribution in [0.2, 0.25) is 0 Å². The molecule has 4 heteroatoms. The summed E-state index contributed by atoms with van der Waals surface area (Å²) in [5, 5.41) is 0. The Morgan fingerprint density at radius 1 is 1.12 bits per heavy atom. The van der Waals surface area contributed by atoms with E-state index in [0.29, 0.717) is 17.3 Å². The smallest absolute Gasteiger partial charge is 0.130 e. The van der Waals surface area contributed by atoms with E-state index < -0.39 is 0 Å². The molecular formula is C13H14FN3. The Morgan fingerprint density at radius 2 is 1.82 bits per heavy atom. The lowest BCUT2D eigenvalue weighted by atomic mass is 10.0. The quantitative estimate of drug-likeness (QED) is 0.821. The van der Waals surface area contributed by atoms with E-state index in [0.717, 1.165) is 16.7 Å². The Balaban J connectivity index is 2.72. The fourth-order valence-electron chi connectivity index (χ4n) is 1.76. The normalized spacial score (nSPS) is 10.6. The number of rotatable bonds is 1. The van der Waals surface area contributed by atoms with Gasteiger partial charge in [0.05, 0.1) is 5.69 Å². The van der Waals surface area contributed by atoms with Crippen molar-refractivity contribution in [2.24, 2.45) is 0 Å². The first-order valence-corrected chi connectivity index (χ1v) is 5.36. The summed E-state index contributed by atoms with van der Waals surface area (Å²) >= 11 is 0. The average Bonchev–Trinajstić information content (AvgIpc) is 2.27. The molecule has 0 spiro atoms. The van der Waals surface area contributed by atoms with Crippen LogP contribution < -0.4 is 5.73 Å². The van der Waals surface area contributed by atoms with Gasteiger partial charge in [0.2, 0.25) is 0 Å². The van der Waals surface area contributed by atoms with Crippen LogP contribution in [-0.2, 0) is 0 Å². The lowest BCUT2D eigenvalue weighted by Gasteiger charge is -2.10. The maximum absolute atomic E-state index is 13.3. The minimum atomic E-state index is -0.278. The number of benzene rings is 1. The van der Waals surface area contributed by atoms with Crippen molar-refractivity contribution >= 4 is 5.82 Å². The van der Waals surface area contributed by atoms with Gasteiger partial charge in [-0.1, -0.05) is 6.07 Å². The van der Waals surface area contributed by atoms with Crippen molar-refractivity contribution in [3.05, 3.63) is 41.0 Å². The second-order valence-electron chi connectivity index (χ2n) is 4.09. The Morgan fingerprint density at radius 3 is 2.53 bits per heavy atom. The van der Waals surface area contributed by atoms with E-state index in [1.165, 1.54) is 12.1 Å². The van der Waals surface area contributed by atoms with Gasteiger partial charge in [-0.25, -0.2) is 14.4 Å². The minimum Gasteiger partial charge on any atom is -0.383 e. The first-order chi connectivity index (χ1) is 7.99. The van der Waals surface area contributed by atoms with Crippen molar-refractivity contribution in [2.45, 2.75) is 20.8 Å². The molecule has 0 atom stereocenters. The first kappa shape index (κ1) is 11.5. The molecule has 0 fully saturated rings. The van der Waals surface area contributed by atoms with Gasteiger partial charge in [0, 0.05) is 11.1 Å². The summed E-state index contributed by atoms with van der Waals surface area (Å²) in [5.41, 5.74) is 9.01. The van der Waals surface area contributed by atoms with Crippen molar-refractivity contribution in [1.82, 2.24) is 9.97 Å². The number of aromatic nitrogens is 2. The maximum Gasteiger partial charge on any atom is 0.130 e. The summed E-state index contributed by atoms with van der Waals surface area (Å²) in [6, 6.07) is 4.65. The Hall–Kier alpha value is -1.97. The summed E-state index contributed by atoms with van der Waals surface area (Å²) in [4.78, 5) is 8.43. The van der Waals surface area contributed by atoms with Gasteiger partial charge in [-0.3, -0.25) is 0 Å². The van der Waals surface area contributed by atoms with Gasteiger partial charge >= 0.3 is 0 Å². The van der Waals surface area contributed by atoms with Crippen molar-refractivity contribution in [2.75, 3.05) is 5.73 Å². The molecule has 0 aliphatic rings. The molecule has 0 aliphatic carbocycles. The number of aryl methyl sites for hydroxylation is 2. The monoisotopic (exact) mass is 231 g/mol. The average molecular weight is 231 g/mol.